The molecule has 2 nitrogen and oxygen atoms in total. The molecule has 2 N–H and O–H groups in total. The molecule has 1 aromatic rings. The van der Waals surface area contributed by atoms with Crippen molar-refractivity contribution in [1.82, 2.24) is 4.98 Å². The fourth-order valence-electron chi connectivity index (χ4n) is 0.991. The molecule has 0 aliphatic rings. The second kappa shape index (κ2) is 4.43. The van der Waals surface area contributed by atoms with Crippen LogP contribution in [0.4, 0.5) is 13.2 Å². The minimum absolute atomic E-state index is 0.296. The number of nitrogens with zero attached hydrogens (tertiary/aromatic N) is 1. The Hall–Kier alpha value is -0.370. The zero-order valence-corrected chi connectivity index (χ0v) is 9.26. The van der Waals surface area contributed by atoms with E-state index >= 15 is 0 Å². The summed E-state index contributed by atoms with van der Waals surface area (Å²) < 4.78 is 37.3. The summed E-state index contributed by atoms with van der Waals surface area (Å²) in [6, 6.07) is 2.05. The van der Waals surface area contributed by atoms with Crippen molar-refractivity contribution in [2.24, 2.45) is 5.73 Å². The molecule has 6 heteroatoms. The van der Waals surface area contributed by atoms with E-state index in [9.17, 15) is 13.2 Å². The van der Waals surface area contributed by atoms with Crippen LogP contribution in [-0.2, 0) is 12.6 Å². The van der Waals surface area contributed by atoms with Crippen molar-refractivity contribution >= 4 is 22.6 Å². The number of pyridine rings is 1. The van der Waals surface area contributed by atoms with Gasteiger partial charge in [-0.25, -0.2) is 4.98 Å². The Balaban J connectivity index is 3.07. The van der Waals surface area contributed by atoms with Gasteiger partial charge in [-0.15, -0.1) is 0 Å². The Bertz CT molecular complexity index is 325. The van der Waals surface area contributed by atoms with E-state index in [-0.39, 0.29) is 0 Å². The lowest BCUT2D eigenvalue weighted by atomic mass is 10.2. The Morgan fingerprint density at radius 1 is 1.36 bits per heavy atom. The molecule has 0 bridgehead atoms. The fraction of sp³-hybridized carbons (Fsp3) is 0.375. The molecular weight excluding hydrogens is 308 g/mol. The highest BCUT2D eigenvalue weighted by atomic mass is 127. The van der Waals surface area contributed by atoms with Crippen molar-refractivity contribution in [2.75, 3.05) is 6.54 Å². The molecule has 0 amide bonds. The van der Waals surface area contributed by atoms with Crippen LogP contribution >= 0.6 is 22.6 Å². The summed E-state index contributed by atoms with van der Waals surface area (Å²) in [5.41, 5.74) is 4.96. The number of halogens is 4. The summed E-state index contributed by atoms with van der Waals surface area (Å²) in [7, 11) is 0. The zero-order chi connectivity index (χ0) is 10.8. The third-order valence-corrected chi connectivity index (χ3v) is 2.13. The summed E-state index contributed by atoms with van der Waals surface area (Å²) >= 11 is 1.76. The molecule has 78 valence electrons. The lowest BCUT2D eigenvalue weighted by molar-refractivity contribution is -0.137. The van der Waals surface area contributed by atoms with Gasteiger partial charge in [0.2, 0.25) is 0 Å². The van der Waals surface area contributed by atoms with Crippen LogP contribution in [0.2, 0.25) is 0 Å². The molecule has 1 rings (SSSR count). The maximum atomic E-state index is 12.3. The van der Waals surface area contributed by atoms with Crippen molar-refractivity contribution in [3.05, 3.63) is 27.1 Å². The molecule has 0 aliphatic heterocycles. The van der Waals surface area contributed by atoms with Crippen LogP contribution in [0.5, 0.6) is 0 Å². The largest absolute Gasteiger partial charge is 0.416 e. The van der Waals surface area contributed by atoms with Gasteiger partial charge < -0.3 is 5.73 Å². The summed E-state index contributed by atoms with van der Waals surface area (Å²) in [5, 5.41) is 0. The van der Waals surface area contributed by atoms with E-state index in [2.05, 4.69) is 4.98 Å². The van der Waals surface area contributed by atoms with Gasteiger partial charge in [-0.2, -0.15) is 13.2 Å². The van der Waals surface area contributed by atoms with E-state index < -0.39 is 11.7 Å². The summed E-state index contributed by atoms with van der Waals surface area (Å²) in [4.78, 5) is 3.94. The van der Waals surface area contributed by atoms with Gasteiger partial charge in [0.25, 0.3) is 0 Å². The van der Waals surface area contributed by atoms with Crippen LogP contribution in [0.3, 0.4) is 0 Å². The zero-order valence-electron chi connectivity index (χ0n) is 7.11. The van der Waals surface area contributed by atoms with E-state index in [1.54, 1.807) is 22.6 Å². The normalized spacial score (nSPS) is 11.8. The van der Waals surface area contributed by atoms with Crippen molar-refractivity contribution in [2.45, 2.75) is 12.6 Å². The average molecular weight is 316 g/mol. The van der Waals surface area contributed by atoms with Crippen LogP contribution in [0.1, 0.15) is 11.3 Å². The Labute approximate surface area is 92.8 Å². The predicted molar refractivity (Wildman–Crippen MR) is 54.7 cm³/mol. The summed E-state index contributed by atoms with van der Waals surface area (Å²) in [6.45, 7) is 0.296. The maximum Gasteiger partial charge on any atom is 0.416 e. The van der Waals surface area contributed by atoms with Gasteiger partial charge in [-0.05, 0) is 41.3 Å². The monoisotopic (exact) mass is 316 g/mol. The highest BCUT2D eigenvalue weighted by Crippen LogP contribution is 2.30. The van der Waals surface area contributed by atoms with Crippen LogP contribution in [0, 0.1) is 3.70 Å². The molecule has 14 heavy (non-hydrogen) atoms. The molecule has 0 radical (unpaired) electrons. The number of nitrogens with two attached hydrogens (primary N) is 1. The molecule has 0 aliphatic carbocycles. The summed E-state index contributed by atoms with van der Waals surface area (Å²) in [6.07, 6.45) is -3.95. The molecular formula is C8H8F3IN2. The first kappa shape index (κ1) is 11.7. The van der Waals surface area contributed by atoms with E-state index in [4.69, 9.17) is 5.73 Å². The van der Waals surface area contributed by atoms with E-state index in [1.165, 1.54) is 0 Å². The van der Waals surface area contributed by atoms with Gasteiger partial charge in [-0.3, -0.25) is 0 Å². The van der Waals surface area contributed by atoms with Crippen molar-refractivity contribution in [1.29, 1.82) is 0 Å². The van der Waals surface area contributed by atoms with Gasteiger partial charge in [0.05, 0.1) is 5.56 Å². The maximum absolute atomic E-state index is 12.3. The number of alkyl halides is 3. The number of rotatable bonds is 2. The topological polar surface area (TPSA) is 38.9 Å². The Morgan fingerprint density at radius 2 is 2.00 bits per heavy atom. The first-order valence-electron chi connectivity index (χ1n) is 3.87. The Kier molecular flexibility index (Phi) is 3.71. The van der Waals surface area contributed by atoms with Crippen molar-refractivity contribution < 1.29 is 13.2 Å². The third-order valence-electron chi connectivity index (χ3n) is 1.57. The van der Waals surface area contributed by atoms with Gasteiger partial charge in [0.15, 0.2) is 0 Å². The van der Waals surface area contributed by atoms with Crippen molar-refractivity contribution in [3.63, 3.8) is 0 Å². The van der Waals surface area contributed by atoms with Crippen LogP contribution in [0.15, 0.2) is 12.1 Å². The van der Waals surface area contributed by atoms with E-state index in [1.807, 2.05) is 0 Å². The molecule has 1 aromatic heterocycles. The molecule has 0 unspecified atom stereocenters. The van der Waals surface area contributed by atoms with Crippen molar-refractivity contribution in [3.8, 4) is 0 Å². The third kappa shape index (κ3) is 3.09. The van der Waals surface area contributed by atoms with E-state index in [0.29, 0.717) is 22.4 Å². The second-order valence-corrected chi connectivity index (χ2v) is 3.81. The lowest BCUT2D eigenvalue weighted by Crippen LogP contribution is -2.10. The van der Waals surface area contributed by atoms with Crippen LogP contribution in [-0.4, -0.2) is 11.5 Å². The van der Waals surface area contributed by atoms with Gasteiger partial charge in [-0.1, -0.05) is 0 Å². The molecule has 0 aromatic carbocycles. The first-order valence-corrected chi connectivity index (χ1v) is 4.95. The molecule has 1 heterocycles. The number of hydrogen-bond donors (Lipinski definition) is 1. The van der Waals surface area contributed by atoms with Crippen LogP contribution in [0.25, 0.3) is 0 Å². The highest BCUT2D eigenvalue weighted by Gasteiger charge is 2.31. The first-order chi connectivity index (χ1) is 6.43. The van der Waals surface area contributed by atoms with Gasteiger partial charge in [0.1, 0.15) is 3.70 Å². The molecule has 0 saturated heterocycles. The number of hydrogen-bond acceptors (Lipinski definition) is 2. The SMILES string of the molecule is NCCc1cc(C(F)(F)F)cc(I)n1. The predicted octanol–water partition coefficient (Wildman–Crippen LogP) is 2.21. The second-order valence-electron chi connectivity index (χ2n) is 2.71. The summed E-state index contributed by atoms with van der Waals surface area (Å²) in [5.74, 6) is 0. The molecule has 0 fully saturated rings. The standard InChI is InChI=1S/C8H8F3IN2/c9-8(10,11)5-3-6(1-2-13)14-7(12)4-5/h3-4H,1-2,13H2. The highest BCUT2D eigenvalue weighted by molar-refractivity contribution is 14.1. The molecule has 0 atom stereocenters. The minimum atomic E-state index is -4.31. The fourth-order valence-corrected chi connectivity index (χ4v) is 1.64. The molecule has 0 spiro atoms. The van der Waals surface area contributed by atoms with Crippen LogP contribution < -0.4 is 5.73 Å². The molecule has 0 saturated carbocycles. The lowest BCUT2D eigenvalue weighted by Gasteiger charge is -2.08. The Morgan fingerprint density at radius 3 is 2.50 bits per heavy atom. The quantitative estimate of drug-likeness (QED) is 0.671. The van der Waals surface area contributed by atoms with Gasteiger partial charge >= 0.3 is 6.18 Å². The van der Waals surface area contributed by atoms with E-state index in [0.717, 1.165) is 12.1 Å². The average Bonchev–Trinajstić information content (AvgIpc) is 2.02. The minimum Gasteiger partial charge on any atom is -0.330 e. The smallest absolute Gasteiger partial charge is 0.330 e. The van der Waals surface area contributed by atoms with Gasteiger partial charge in [0, 0.05) is 12.1 Å². The number of aromatic nitrogens is 1.